The van der Waals surface area contributed by atoms with Crippen molar-refractivity contribution in [3.8, 4) is 11.1 Å². The number of nitrogens with zero attached hydrogens (tertiary/aromatic N) is 2. The van der Waals surface area contributed by atoms with E-state index in [1.54, 1.807) is 25.1 Å². The van der Waals surface area contributed by atoms with Gasteiger partial charge >= 0.3 is 6.18 Å². The quantitative estimate of drug-likeness (QED) is 0.737. The lowest BCUT2D eigenvalue weighted by Gasteiger charge is -2.10. The summed E-state index contributed by atoms with van der Waals surface area (Å²) < 4.78 is 46.5. The van der Waals surface area contributed by atoms with E-state index in [2.05, 4.69) is 10.4 Å². The van der Waals surface area contributed by atoms with Gasteiger partial charge in [0, 0.05) is 37.0 Å². The Morgan fingerprint density at radius 2 is 2.04 bits per heavy atom. The van der Waals surface area contributed by atoms with Gasteiger partial charge in [-0.1, -0.05) is 12.1 Å². The summed E-state index contributed by atoms with van der Waals surface area (Å²) in [6.45, 7) is 6.38. The van der Waals surface area contributed by atoms with E-state index >= 15 is 0 Å². The Hall–Kier alpha value is -2.35. The number of amides is 1. The predicted molar refractivity (Wildman–Crippen MR) is 96.4 cm³/mol. The highest BCUT2D eigenvalue weighted by molar-refractivity contribution is 5.95. The van der Waals surface area contributed by atoms with Crippen LogP contribution in [-0.4, -0.2) is 34.9 Å². The molecule has 27 heavy (non-hydrogen) atoms. The second-order valence-electron chi connectivity index (χ2n) is 6.54. The van der Waals surface area contributed by atoms with Gasteiger partial charge in [-0.05, 0) is 44.9 Å². The van der Waals surface area contributed by atoms with E-state index in [9.17, 15) is 18.0 Å². The van der Waals surface area contributed by atoms with Gasteiger partial charge in [0.1, 0.15) is 0 Å². The van der Waals surface area contributed by atoms with Crippen LogP contribution in [0.5, 0.6) is 0 Å². The highest BCUT2D eigenvalue weighted by atomic mass is 19.4. The number of carbonyl (C=O) groups is 1. The first-order valence-corrected chi connectivity index (χ1v) is 8.72. The minimum absolute atomic E-state index is 0.00927. The molecule has 2 aromatic rings. The molecule has 5 nitrogen and oxygen atoms in total. The summed E-state index contributed by atoms with van der Waals surface area (Å²) in [5.74, 6) is -0.337. The third-order valence-corrected chi connectivity index (χ3v) is 4.07. The lowest BCUT2D eigenvalue weighted by atomic mass is 10.0. The van der Waals surface area contributed by atoms with Gasteiger partial charge in [0.05, 0.1) is 6.10 Å². The number of nitrogens with one attached hydrogen (secondary N) is 1. The fraction of sp³-hybridized carbons (Fsp3) is 0.474. The molecule has 0 fully saturated rings. The van der Waals surface area contributed by atoms with Gasteiger partial charge in [0.2, 0.25) is 0 Å². The lowest BCUT2D eigenvalue weighted by Crippen LogP contribution is -2.25. The van der Waals surface area contributed by atoms with Crippen molar-refractivity contribution in [3.05, 3.63) is 41.2 Å². The highest BCUT2D eigenvalue weighted by Crippen LogP contribution is 2.38. The summed E-state index contributed by atoms with van der Waals surface area (Å²) in [6.07, 6.45) is -3.79. The van der Waals surface area contributed by atoms with Crippen LogP contribution < -0.4 is 5.32 Å². The summed E-state index contributed by atoms with van der Waals surface area (Å²) in [7, 11) is 1.46. The number of hydrogen-bond acceptors (Lipinski definition) is 3. The first-order chi connectivity index (χ1) is 12.6. The molecule has 0 bridgehead atoms. The number of aryl methyl sites for hydroxylation is 1. The van der Waals surface area contributed by atoms with Crippen molar-refractivity contribution in [2.24, 2.45) is 7.05 Å². The van der Waals surface area contributed by atoms with Crippen LogP contribution in [0.1, 0.15) is 42.0 Å². The summed E-state index contributed by atoms with van der Waals surface area (Å²) in [6, 6.07) is 6.15. The van der Waals surface area contributed by atoms with Crippen LogP contribution in [0.4, 0.5) is 13.2 Å². The molecule has 0 atom stereocenters. The van der Waals surface area contributed by atoms with E-state index in [-0.39, 0.29) is 17.6 Å². The normalized spacial score (nSPS) is 11.9. The van der Waals surface area contributed by atoms with Gasteiger partial charge in [-0.15, -0.1) is 0 Å². The number of carbonyl (C=O) groups excluding carboxylic acids is 1. The number of ether oxygens (including phenoxy) is 1. The fourth-order valence-electron chi connectivity index (χ4n) is 2.66. The molecule has 1 heterocycles. The van der Waals surface area contributed by atoms with E-state index in [0.717, 1.165) is 0 Å². The summed E-state index contributed by atoms with van der Waals surface area (Å²) in [5, 5.41) is 6.35. The Labute approximate surface area is 156 Å². The summed E-state index contributed by atoms with van der Waals surface area (Å²) in [5.41, 5.74) is 0.0268. The van der Waals surface area contributed by atoms with Gasteiger partial charge < -0.3 is 10.1 Å². The molecule has 1 amide bonds. The Morgan fingerprint density at radius 3 is 2.67 bits per heavy atom. The zero-order chi connectivity index (χ0) is 20.2. The molecule has 8 heteroatoms. The highest BCUT2D eigenvalue weighted by Gasteiger charge is 2.38. The minimum atomic E-state index is -4.57. The molecule has 0 aliphatic rings. The van der Waals surface area contributed by atoms with Gasteiger partial charge in [0.15, 0.2) is 5.69 Å². The van der Waals surface area contributed by atoms with Gasteiger partial charge in [-0.25, -0.2) is 0 Å². The Balaban J connectivity index is 2.18. The molecule has 0 aliphatic carbocycles. The molecule has 1 aromatic heterocycles. The van der Waals surface area contributed by atoms with Gasteiger partial charge in [-0.2, -0.15) is 18.3 Å². The van der Waals surface area contributed by atoms with E-state index in [0.29, 0.717) is 36.4 Å². The lowest BCUT2D eigenvalue weighted by molar-refractivity contribution is -0.140. The maximum atomic E-state index is 13.3. The van der Waals surface area contributed by atoms with E-state index in [4.69, 9.17) is 4.74 Å². The van der Waals surface area contributed by atoms with Crippen LogP contribution in [0.3, 0.4) is 0 Å². The van der Waals surface area contributed by atoms with E-state index in [1.165, 1.54) is 17.8 Å². The van der Waals surface area contributed by atoms with Crippen LogP contribution >= 0.6 is 0 Å². The van der Waals surface area contributed by atoms with E-state index in [1.807, 2.05) is 13.8 Å². The van der Waals surface area contributed by atoms with Crippen molar-refractivity contribution in [2.45, 2.75) is 39.5 Å². The van der Waals surface area contributed by atoms with Crippen molar-refractivity contribution < 1.29 is 22.7 Å². The molecule has 0 saturated carbocycles. The van der Waals surface area contributed by atoms with Crippen LogP contribution in [0.15, 0.2) is 24.3 Å². The van der Waals surface area contributed by atoms with Crippen molar-refractivity contribution in [2.75, 3.05) is 13.2 Å². The topological polar surface area (TPSA) is 56.1 Å². The number of aromatic nitrogens is 2. The summed E-state index contributed by atoms with van der Waals surface area (Å²) in [4.78, 5) is 12.3. The maximum Gasteiger partial charge on any atom is 0.435 e. The Morgan fingerprint density at radius 1 is 1.33 bits per heavy atom. The summed E-state index contributed by atoms with van der Waals surface area (Å²) >= 11 is 0. The maximum absolute atomic E-state index is 13.3. The van der Waals surface area contributed by atoms with Gasteiger partial charge in [-0.3, -0.25) is 9.48 Å². The smallest absolute Gasteiger partial charge is 0.379 e. The van der Waals surface area contributed by atoms with Crippen LogP contribution in [0, 0.1) is 6.92 Å². The third kappa shape index (κ3) is 5.32. The molecule has 0 unspecified atom stereocenters. The van der Waals surface area contributed by atoms with Crippen molar-refractivity contribution >= 4 is 5.91 Å². The van der Waals surface area contributed by atoms with Crippen LogP contribution in [-0.2, 0) is 18.0 Å². The standard InChI is InChI=1S/C19H24F3N3O2/c1-12(2)27-10-6-9-23-18(26)15-8-5-7-14(11-15)16-13(3)25(4)24-17(16)19(20,21)22/h5,7-8,11-12H,6,9-10H2,1-4H3,(H,23,26). The zero-order valence-corrected chi connectivity index (χ0v) is 15.9. The van der Waals surface area contributed by atoms with Crippen LogP contribution in [0.2, 0.25) is 0 Å². The number of hydrogen-bond donors (Lipinski definition) is 1. The first kappa shape index (κ1) is 21.0. The molecule has 1 aromatic carbocycles. The Kier molecular flexibility index (Phi) is 6.64. The average molecular weight is 383 g/mol. The molecule has 0 spiro atoms. The second-order valence-corrected chi connectivity index (χ2v) is 6.54. The van der Waals surface area contributed by atoms with Crippen LogP contribution in [0.25, 0.3) is 11.1 Å². The monoisotopic (exact) mass is 383 g/mol. The molecule has 2 rings (SSSR count). The molecular weight excluding hydrogens is 359 g/mol. The number of rotatable bonds is 7. The van der Waals surface area contributed by atoms with E-state index < -0.39 is 11.9 Å². The average Bonchev–Trinajstić information content (AvgIpc) is 2.90. The Bertz CT molecular complexity index is 798. The predicted octanol–water partition coefficient (Wildman–Crippen LogP) is 3.96. The first-order valence-electron chi connectivity index (χ1n) is 8.72. The van der Waals surface area contributed by atoms with Gasteiger partial charge in [0.25, 0.3) is 5.91 Å². The largest absolute Gasteiger partial charge is 0.435 e. The number of alkyl halides is 3. The number of halogens is 3. The zero-order valence-electron chi connectivity index (χ0n) is 15.9. The molecule has 1 N–H and O–H groups in total. The molecule has 0 radical (unpaired) electrons. The fourth-order valence-corrected chi connectivity index (χ4v) is 2.66. The van der Waals surface area contributed by atoms with Crippen molar-refractivity contribution in [1.29, 1.82) is 0 Å². The molecule has 0 saturated heterocycles. The second kappa shape index (κ2) is 8.56. The van der Waals surface area contributed by atoms with Crippen molar-refractivity contribution in [1.82, 2.24) is 15.1 Å². The third-order valence-electron chi connectivity index (χ3n) is 4.07. The molecule has 148 valence electrons. The molecule has 0 aliphatic heterocycles. The number of benzene rings is 1. The minimum Gasteiger partial charge on any atom is -0.379 e. The van der Waals surface area contributed by atoms with Crippen molar-refractivity contribution in [3.63, 3.8) is 0 Å². The molecular formula is C19H24F3N3O2. The SMILES string of the molecule is Cc1c(-c2cccc(C(=O)NCCCOC(C)C)c2)c(C(F)(F)F)nn1C.